The second-order valence-electron chi connectivity index (χ2n) is 21.0. The minimum atomic E-state index is -3.42. The number of benzene rings is 5. The van der Waals surface area contributed by atoms with Gasteiger partial charge in [0.2, 0.25) is 0 Å². The van der Waals surface area contributed by atoms with Gasteiger partial charge in [0, 0.05) is 86.1 Å². The highest BCUT2D eigenvalue weighted by atomic mass is 32.2. The van der Waals surface area contributed by atoms with E-state index >= 15 is 0 Å². The summed E-state index contributed by atoms with van der Waals surface area (Å²) in [5, 5.41) is 30.1. The van der Waals surface area contributed by atoms with Crippen molar-refractivity contribution in [3.63, 3.8) is 0 Å². The van der Waals surface area contributed by atoms with Crippen LogP contribution in [0.1, 0.15) is 44.5 Å². The number of aryl methyl sites for hydroxylation is 5. The fourth-order valence-electron chi connectivity index (χ4n) is 9.64. The van der Waals surface area contributed by atoms with E-state index in [0.717, 1.165) is 136 Å². The van der Waals surface area contributed by atoms with Crippen LogP contribution in [0.2, 0.25) is 0 Å². The smallest absolute Gasteiger partial charge is 0.434 e. The summed E-state index contributed by atoms with van der Waals surface area (Å²) in [6.45, 7) is 23.7. The first kappa shape index (κ1) is 69.9. The molecule has 0 spiro atoms. The summed E-state index contributed by atoms with van der Waals surface area (Å²) in [6, 6.07) is 29.4. The van der Waals surface area contributed by atoms with Crippen LogP contribution in [-0.4, -0.2) is 169 Å². The molecule has 11 rings (SSSR count). The Morgan fingerprint density at radius 2 is 0.966 bits per heavy atom. The summed E-state index contributed by atoms with van der Waals surface area (Å²) >= 11 is 0. The largest absolute Gasteiger partial charge is 0.495 e. The molecule has 0 aliphatic carbocycles. The maximum atomic E-state index is 12.7. The lowest BCUT2D eigenvalue weighted by molar-refractivity contribution is -0.396. The number of H-pyrrole nitrogens is 1. The first-order chi connectivity index (χ1) is 42.8. The highest BCUT2D eigenvalue weighted by Gasteiger charge is 2.21. The Balaban J connectivity index is 0.000000175. The molecule has 4 fully saturated rings. The number of hydrogen-bond acceptors (Lipinski definition) is 20. The maximum Gasteiger partial charge on any atom is 0.434 e. The van der Waals surface area contributed by atoms with Crippen LogP contribution in [0.5, 0.6) is 11.5 Å². The van der Waals surface area contributed by atoms with Gasteiger partial charge in [-0.2, -0.15) is 8.42 Å². The third-order valence-electron chi connectivity index (χ3n) is 14.2. The molecule has 24 nitrogen and oxygen atoms in total. The zero-order valence-electron chi connectivity index (χ0n) is 52.0. The van der Waals surface area contributed by atoms with E-state index in [1.54, 1.807) is 23.9 Å². The van der Waals surface area contributed by atoms with Gasteiger partial charge in [-0.15, -0.1) is 0 Å². The van der Waals surface area contributed by atoms with Crippen molar-refractivity contribution in [3.8, 4) is 11.5 Å². The fourth-order valence-corrected chi connectivity index (χ4v) is 9.98. The Hall–Kier alpha value is -8.24. The average molecular weight is 1260 g/mol. The van der Waals surface area contributed by atoms with Gasteiger partial charge in [0.25, 0.3) is 10.1 Å². The first-order valence-corrected chi connectivity index (χ1v) is 30.9. The first-order valence-electron chi connectivity index (χ1n) is 29.1. The van der Waals surface area contributed by atoms with E-state index in [-0.39, 0.29) is 30.9 Å². The van der Waals surface area contributed by atoms with Crippen molar-refractivity contribution >= 4 is 44.8 Å². The Morgan fingerprint density at radius 3 is 1.37 bits per heavy atom. The molecule has 26 heteroatoms. The number of nitrogens with zero attached hydrogens (tertiary/aromatic N) is 9. The number of morpholine rings is 4. The molecule has 7 aromatic rings. The van der Waals surface area contributed by atoms with Crippen LogP contribution in [0, 0.1) is 60.7 Å². The number of methoxy groups -OCH3 is 2. The van der Waals surface area contributed by atoms with Gasteiger partial charge in [0.05, 0.1) is 105 Å². The molecule has 0 atom stereocenters. The molecule has 2 aromatic heterocycles. The number of rotatable bonds is 14. The SMILES string of the molecule is COc1ccc(C)cc1F.COc1ccc(C)cc1N1CCOCC1.Cc1ccc(CO)c(N2CCOCC2)c1.Cc1ccc(COS(C)(=O)=O)c(N2CCOCC2)c1.Cc1ccc(Cn2ccnc2[N+](=O)[O-])c(N2CCOCC2)c1.O=[N+]([O-])c1ncc[nH]1. The van der Waals surface area contributed by atoms with E-state index in [1.807, 2.05) is 69.3 Å². The predicted molar refractivity (Wildman–Crippen MR) is 340 cm³/mol. The summed E-state index contributed by atoms with van der Waals surface area (Å²) in [7, 11) is -0.254. The normalized spacial score (nSPS) is 14.8. The maximum absolute atomic E-state index is 12.7. The molecule has 0 bridgehead atoms. The lowest BCUT2D eigenvalue weighted by Crippen LogP contribution is -2.37. The Labute approximate surface area is 520 Å². The number of nitrogens with one attached hydrogen (secondary N) is 1. The zero-order chi connectivity index (χ0) is 64.3. The Bertz CT molecular complexity index is 3360. The van der Waals surface area contributed by atoms with Gasteiger partial charge in [-0.3, -0.25) is 4.18 Å². The van der Waals surface area contributed by atoms with Crippen LogP contribution < -0.4 is 29.1 Å². The van der Waals surface area contributed by atoms with Crippen molar-refractivity contribution in [2.24, 2.45) is 0 Å². The lowest BCUT2D eigenvalue weighted by atomic mass is 10.1. The highest BCUT2D eigenvalue weighted by molar-refractivity contribution is 7.85. The Morgan fingerprint density at radius 1 is 0.562 bits per heavy atom. The van der Waals surface area contributed by atoms with E-state index in [0.29, 0.717) is 38.7 Å². The van der Waals surface area contributed by atoms with E-state index in [4.69, 9.17) is 32.6 Å². The van der Waals surface area contributed by atoms with Gasteiger partial charge >= 0.3 is 11.9 Å². The quantitative estimate of drug-likeness (QED) is 0.0584. The van der Waals surface area contributed by atoms with Crippen molar-refractivity contribution in [2.45, 2.75) is 54.4 Å². The van der Waals surface area contributed by atoms with Gasteiger partial charge in [-0.25, -0.2) is 13.9 Å². The second-order valence-corrected chi connectivity index (χ2v) is 22.7. The molecule has 4 aliphatic rings. The van der Waals surface area contributed by atoms with Crippen molar-refractivity contribution in [3.05, 3.63) is 186 Å². The summed E-state index contributed by atoms with van der Waals surface area (Å²) in [5.41, 5.74) is 13.1. The van der Waals surface area contributed by atoms with Crippen molar-refractivity contribution < 1.29 is 60.4 Å². The number of aliphatic hydroxyl groups excluding tert-OH is 1. The topological polar surface area (TPSA) is 265 Å². The summed E-state index contributed by atoms with van der Waals surface area (Å²) in [5.74, 6) is 0.592. The molecule has 4 aliphatic heterocycles. The molecule has 89 heavy (non-hydrogen) atoms. The molecule has 5 aromatic carbocycles. The number of imidazole rings is 2. The van der Waals surface area contributed by atoms with Crippen LogP contribution in [0.15, 0.2) is 116 Å². The summed E-state index contributed by atoms with van der Waals surface area (Å²) < 4.78 is 72.9. The van der Waals surface area contributed by atoms with E-state index < -0.39 is 20.0 Å². The third-order valence-corrected chi connectivity index (χ3v) is 14.8. The minimum absolute atomic E-state index is 0.0752. The van der Waals surface area contributed by atoms with Crippen LogP contribution in [0.3, 0.4) is 0 Å². The van der Waals surface area contributed by atoms with Gasteiger partial charge in [-0.05, 0) is 115 Å². The van der Waals surface area contributed by atoms with Gasteiger partial charge in [0.1, 0.15) is 24.3 Å². The zero-order valence-corrected chi connectivity index (χ0v) is 52.8. The predicted octanol–water partition coefficient (Wildman–Crippen LogP) is 8.92. The number of hydrogen-bond donors (Lipinski definition) is 2. The van der Waals surface area contributed by atoms with E-state index in [9.17, 15) is 38.1 Å². The van der Waals surface area contributed by atoms with Crippen molar-refractivity contribution in [2.75, 3.05) is 145 Å². The number of anilines is 4. The molecular weight excluding hydrogens is 1170 g/mol. The average Bonchev–Trinajstić information content (AvgIpc) is 3.36. The third kappa shape index (κ3) is 22.7. The van der Waals surface area contributed by atoms with E-state index in [2.05, 4.69) is 78.7 Å². The molecule has 4 saturated heterocycles. The fraction of sp³-hybridized carbons (Fsp3) is 0.429. The van der Waals surface area contributed by atoms with Gasteiger partial charge in [-0.1, -0.05) is 58.5 Å². The number of aliphatic hydroxyl groups is 1. The van der Waals surface area contributed by atoms with Crippen LogP contribution in [0.4, 0.5) is 39.0 Å². The van der Waals surface area contributed by atoms with Crippen LogP contribution in [0.25, 0.3) is 0 Å². The van der Waals surface area contributed by atoms with Crippen LogP contribution >= 0.6 is 0 Å². The highest BCUT2D eigenvalue weighted by Crippen LogP contribution is 2.31. The lowest BCUT2D eigenvalue weighted by Gasteiger charge is -2.30. The molecule has 6 heterocycles. The standard InChI is InChI=1S/C15H18N4O3.C13H19NO4S.2C12H17NO2.C8H9FO.C3H3N3O2/c1-12-2-3-13(11-18-5-4-16-15(18)19(20)21)14(10-12)17-6-8-22-9-7-17;1-11-3-4-12(10-18-19(2,15)16)13(9-11)14-5-7-17-8-6-14;1-10-3-4-12(14-2)11(9-10)13-5-7-15-8-6-13;1-10-2-3-11(9-14)12(8-10)13-4-6-15-7-5-13;1-6-3-4-8(10-2)7(9)5-6;7-6(8)3-4-1-2-5-3/h2-5,10H,6-9,11H2,1H3;3-4,9H,5-8,10H2,1-2H3;3-4,9H,5-8H2,1-2H3;2-3,8,14H,4-7,9H2,1H3;3-5H,1-2H3;1-2H,(H,4,5). The summed E-state index contributed by atoms with van der Waals surface area (Å²) in [6.07, 6.45) is 6.90. The number of ether oxygens (including phenoxy) is 6. The monoisotopic (exact) mass is 1250 g/mol. The number of nitro groups is 2. The van der Waals surface area contributed by atoms with Gasteiger partial charge in [0.15, 0.2) is 11.6 Å². The molecule has 482 valence electrons. The molecule has 0 amide bonds. The molecule has 0 radical (unpaired) electrons. The van der Waals surface area contributed by atoms with Crippen molar-refractivity contribution in [1.82, 2.24) is 19.5 Å². The van der Waals surface area contributed by atoms with E-state index in [1.165, 1.54) is 54.1 Å². The molecule has 0 saturated carbocycles. The molecule has 0 unspecified atom stereocenters. The minimum Gasteiger partial charge on any atom is -0.495 e. The number of aromatic nitrogens is 4. The van der Waals surface area contributed by atoms with Gasteiger partial charge < -0.3 is 73.4 Å². The second kappa shape index (κ2) is 35.7. The molecular formula is C63H83FN10O14S. The molecule has 2 N–H and O–H groups in total. The number of aromatic amines is 1. The van der Waals surface area contributed by atoms with Crippen LogP contribution in [-0.2, 0) is 53.0 Å². The number of halogens is 1. The Kier molecular flexibility index (Phi) is 28.0. The summed E-state index contributed by atoms with van der Waals surface area (Å²) in [4.78, 5) is 38.3. The van der Waals surface area contributed by atoms with Crippen molar-refractivity contribution in [1.29, 1.82) is 0 Å².